The number of likely N-dealkylation sites (N-methyl/N-ethyl adjacent to an activating group) is 1. The number of hydrogen-bond acceptors (Lipinski definition) is 7. The average molecular weight is 1170 g/mol. The number of hydrogen-bond donors (Lipinski definition) is 1. The van der Waals surface area contributed by atoms with Gasteiger partial charge < -0.3 is 28.5 Å². The Hall–Kier alpha value is -2.03. The van der Waals surface area contributed by atoms with Crippen molar-refractivity contribution < 1.29 is 37.3 Å². The van der Waals surface area contributed by atoms with Crippen LogP contribution in [0.4, 0.5) is 0 Å². The van der Waals surface area contributed by atoms with Crippen LogP contribution in [0.2, 0.25) is 0 Å². The third-order valence-corrected chi connectivity index (χ3v) is 17.0. The number of carbonyl (C=O) groups excluding carboxylic acids is 2. The van der Waals surface area contributed by atoms with E-state index in [1.54, 1.807) is 0 Å². The zero-order valence-electron chi connectivity index (χ0n) is 55.2. The molecule has 0 bridgehead atoms. The van der Waals surface area contributed by atoms with Gasteiger partial charge in [-0.15, -0.1) is 0 Å². The van der Waals surface area contributed by atoms with Crippen LogP contribution in [0.3, 0.4) is 0 Å². The average Bonchev–Trinajstić information content (AvgIpc) is 3.45. The lowest BCUT2D eigenvalue weighted by Crippen LogP contribution is -2.47. The number of unbranched alkanes of at least 4 members (excludes halogenated alkanes) is 43. The molecule has 0 saturated carbocycles. The summed E-state index contributed by atoms with van der Waals surface area (Å²) in [7, 11) is 1.19. The first-order valence-electron chi connectivity index (χ1n) is 35.4. The molecule has 1 N–H and O–H groups in total. The van der Waals surface area contributed by atoms with Crippen molar-refractivity contribution in [2.75, 3.05) is 40.9 Å². The first kappa shape index (κ1) is 80.0. The Bertz CT molecular complexity index is 1540. The van der Waals surface area contributed by atoms with Gasteiger partial charge >= 0.3 is 5.97 Å². The molecule has 0 fully saturated rings. The van der Waals surface area contributed by atoms with E-state index in [-0.39, 0.29) is 24.9 Å². The van der Waals surface area contributed by atoms with Gasteiger partial charge in [0, 0.05) is 12.8 Å². The second kappa shape index (κ2) is 62.0. The van der Waals surface area contributed by atoms with Gasteiger partial charge in [-0.1, -0.05) is 320 Å². The number of quaternary nitrogens is 1. The summed E-state index contributed by atoms with van der Waals surface area (Å²) in [5.74, 6) is -0.540. The van der Waals surface area contributed by atoms with E-state index in [0.717, 1.165) is 103 Å². The molecule has 0 rings (SSSR count). The summed E-state index contributed by atoms with van der Waals surface area (Å²) >= 11 is 0. The van der Waals surface area contributed by atoms with E-state index in [4.69, 9.17) is 13.8 Å². The smallest absolute Gasteiger partial charge is 0.306 e. The predicted octanol–water partition coefficient (Wildman–Crippen LogP) is 21.8. The third kappa shape index (κ3) is 62.5. The van der Waals surface area contributed by atoms with Crippen molar-refractivity contribution in [1.29, 1.82) is 0 Å². The molecule has 82 heavy (non-hydrogen) atoms. The lowest BCUT2D eigenvalue weighted by atomic mass is 10.0. The van der Waals surface area contributed by atoms with Gasteiger partial charge in [0.05, 0.1) is 33.8 Å². The van der Waals surface area contributed by atoms with Crippen LogP contribution in [0.25, 0.3) is 0 Å². The second-order valence-corrected chi connectivity index (χ2v) is 26.8. The van der Waals surface area contributed by atoms with Crippen LogP contribution >= 0.6 is 7.82 Å². The maximum Gasteiger partial charge on any atom is 0.306 e. The molecule has 1 amide bonds. The lowest BCUT2D eigenvalue weighted by Gasteiger charge is -2.30. The van der Waals surface area contributed by atoms with Crippen LogP contribution < -0.4 is 10.2 Å². The van der Waals surface area contributed by atoms with Gasteiger partial charge in [-0.05, 0) is 63.9 Å². The number of ether oxygens (including phenoxy) is 1. The van der Waals surface area contributed by atoms with Gasteiger partial charge in [0.1, 0.15) is 19.3 Å². The number of nitrogens with zero attached hydrogens (tertiary/aromatic N) is 1. The molecule has 9 nitrogen and oxygen atoms in total. The van der Waals surface area contributed by atoms with E-state index in [2.05, 4.69) is 62.5 Å². The highest BCUT2D eigenvalue weighted by atomic mass is 31.2. The van der Waals surface area contributed by atoms with Gasteiger partial charge in [0.15, 0.2) is 0 Å². The van der Waals surface area contributed by atoms with E-state index >= 15 is 0 Å². The Morgan fingerprint density at radius 1 is 0.439 bits per heavy atom. The highest BCUT2D eigenvalue weighted by molar-refractivity contribution is 7.45. The van der Waals surface area contributed by atoms with E-state index in [1.807, 2.05) is 33.3 Å². The second-order valence-electron chi connectivity index (χ2n) is 25.4. The number of rotatable bonds is 65. The number of esters is 1. The van der Waals surface area contributed by atoms with Gasteiger partial charge in [-0.3, -0.25) is 14.2 Å². The van der Waals surface area contributed by atoms with Crippen LogP contribution in [0.5, 0.6) is 0 Å². The third-order valence-electron chi connectivity index (χ3n) is 16.0. The Morgan fingerprint density at radius 2 is 0.780 bits per heavy atom. The fourth-order valence-electron chi connectivity index (χ4n) is 10.6. The minimum absolute atomic E-state index is 0.0239. The van der Waals surface area contributed by atoms with Crippen LogP contribution in [0.1, 0.15) is 348 Å². The highest BCUT2D eigenvalue weighted by Gasteiger charge is 2.27. The Balaban J connectivity index is 5.01. The molecule has 0 saturated heterocycles. The molecule has 482 valence electrons. The van der Waals surface area contributed by atoms with Gasteiger partial charge in [-0.25, -0.2) is 0 Å². The number of phosphoric ester groups is 1. The summed E-state index contributed by atoms with van der Waals surface area (Å²) in [6.45, 7) is 6.77. The zero-order chi connectivity index (χ0) is 60.0. The van der Waals surface area contributed by atoms with E-state index in [1.165, 1.54) is 212 Å². The van der Waals surface area contributed by atoms with Gasteiger partial charge in [-0.2, -0.15) is 0 Å². The predicted molar refractivity (Wildman–Crippen MR) is 353 cm³/mol. The van der Waals surface area contributed by atoms with Crippen LogP contribution in [0.15, 0.2) is 48.6 Å². The van der Waals surface area contributed by atoms with Crippen LogP contribution in [-0.4, -0.2) is 69.4 Å². The molecule has 3 atom stereocenters. The summed E-state index contributed by atoms with van der Waals surface area (Å²) in [6, 6.07) is -0.894. The van der Waals surface area contributed by atoms with Crippen LogP contribution in [-0.2, 0) is 27.9 Å². The van der Waals surface area contributed by atoms with Crippen molar-refractivity contribution in [1.82, 2.24) is 5.32 Å². The van der Waals surface area contributed by atoms with Crippen molar-refractivity contribution in [3.8, 4) is 0 Å². The van der Waals surface area contributed by atoms with Crippen molar-refractivity contribution in [3.05, 3.63) is 48.6 Å². The zero-order valence-corrected chi connectivity index (χ0v) is 56.1. The monoisotopic (exact) mass is 1170 g/mol. The minimum atomic E-state index is -4.70. The lowest BCUT2D eigenvalue weighted by molar-refractivity contribution is -0.870. The van der Waals surface area contributed by atoms with Gasteiger partial charge in [0.25, 0.3) is 7.82 Å². The molecule has 0 aliphatic carbocycles. The molecule has 0 heterocycles. The number of allylic oxidation sites excluding steroid dienone is 7. The minimum Gasteiger partial charge on any atom is -0.756 e. The molecular formula is C72H137N2O7P. The summed E-state index contributed by atoms with van der Waals surface area (Å²) in [4.78, 5) is 40.1. The number of nitrogens with one attached hydrogen (secondary N) is 1. The fourth-order valence-corrected chi connectivity index (χ4v) is 11.3. The molecule has 3 unspecified atom stereocenters. The Labute approximate surface area is 509 Å². The van der Waals surface area contributed by atoms with Crippen LogP contribution in [0, 0.1) is 0 Å². The van der Waals surface area contributed by atoms with Gasteiger partial charge in [0.2, 0.25) is 5.91 Å². The molecule has 0 aromatic carbocycles. The quantitative estimate of drug-likeness (QED) is 0.0212. The number of carbonyl (C=O) groups is 2. The first-order chi connectivity index (χ1) is 39.9. The molecule has 0 spiro atoms. The Morgan fingerprint density at radius 3 is 1.17 bits per heavy atom. The van der Waals surface area contributed by atoms with E-state index in [9.17, 15) is 19.0 Å². The molecular weight excluding hydrogens is 1040 g/mol. The standard InChI is InChI=1S/C72H137N2O7P/c1-7-10-13-16-19-22-25-28-30-32-33-34-35-36-37-38-39-40-41-42-44-47-50-53-56-59-62-65-72(76)81-70(63-60-57-54-51-48-45-27-24-21-18-15-12-9-3)69(68-80-82(77,78)79-67-66-74(4,5)6)73-71(75)64-61-58-55-52-49-46-43-31-29-26-23-20-17-14-11-8-2/h11,14,20,23,29,31,60,63,69-70H,7-10,12-13,15-19,21-22,24-28,30,32-59,61-62,64-68H2,1-6H3,(H-,73,75,77,78)/b14-11+,23-20+,31-29+,63-60-. The highest BCUT2D eigenvalue weighted by Crippen LogP contribution is 2.38. The normalized spacial score (nSPS) is 13.8. The first-order valence-corrected chi connectivity index (χ1v) is 36.9. The molecule has 0 aliphatic heterocycles. The fraction of sp³-hybridized carbons (Fsp3) is 0.861. The van der Waals surface area contributed by atoms with E-state index in [0.29, 0.717) is 17.4 Å². The molecule has 0 aliphatic rings. The summed E-state index contributed by atoms with van der Waals surface area (Å²) < 4.78 is 30.4. The molecule has 0 aromatic rings. The SMILES string of the molecule is CC/C=C/C/C=C/C/C=C/CCCCCCCCC(=O)NC(COP(=O)([O-])OCC[N+](C)(C)C)C(/C=C\CCCCCCCCCCCCC)OC(=O)CCCCCCCCCCCCCCCCCCCCCCCCCCCCC. The van der Waals surface area contributed by atoms with Crippen molar-refractivity contribution in [3.63, 3.8) is 0 Å². The summed E-state index contributed by atoms with van der Waals surface area (Å²) in [5.41, 5.74) is 0. The van der Waals surface area contributed by atoms with Crippen molar-refractivity contribution in [2.24, 2.45) is 0 Å². The maximum absolute atomic E-state index is 13.6. The summed E-state index contributed by atoms with van der Waals surface area (Å²) in [5, 5.41) is 3.04. The Kier molecular flexibility index (Phi) is 60.5. The topological polar surface area (TPSA) is 114 Å². The molecule has 10 heteroatoms. The maximum atomic E-state index is 13.6. The molecule has 0 aromatic heterocycles. The molecule has 0 radical (unpaired) electrons. The number of phosphoric acid groups is 1. The number of amides is 1. The van der Waals surface area contributed by atoms with Crippen molar-refractivity contribution in [2.45, 2.75) is 360 Å². The summed E-state index contributed by atoms with van der Waals surface area (Å²) in [6.07, 6.45) is 78.2. The van der Waals surface area contributed by atoms with E-state index < -0.39 is 26.6 Å². The largest absolute Gasteiger partial charge is 0.756 e. The van der Waals surface area contributed by atoms with Crippen molar-refractivity contribution >= 4 is 19.7 Å².